The maximum absolute atomic E-state index is 13.0. The Labute approximate surface area is 119 Å². The number of aliphatic hydroxyl groups excluding tert-OH is 1. The van der Waals surface area contributed by atoms with E-state index in [2.05, 4.69) is 10.2 Å². The van der Waals surface area contributed by atoms with Crippen molar-refractivity contribution >= 4 is 0 Å². The molecule has 2 rings (SSSR count). The zero-order valence-corrected chi connectivity index (χ0v) is 11.9. The van der Waals surface area contributed by atoms with Crippen LogP contribution in [0, 0.1) is 5.82 Å². The molecule has 112 valence electrons. The molecule has 1 aromatic carbocycles. The second-order valence-electron chi connectivity index (χ2n) is 5.13. The summed E-state index contributed by atoms with van der Waals surface area (Å²) in [6.45, 7) is 3.18. The second-order valence-corrected chi connectivity index (χ2v) is 5.13. The van der Waals surface area contributed by atoms with Crippen LogP contribution in [0.4, 0.5) is 4.39 Å². The van der Waals surface area contributed by atoms with Gasteiger partial charge in [-0.1, -0.05) is 12.1 Å². The minimum absolute atomic E-state index is 0.0921. The van der Waals surface area contributed by atoms with Gasteiger partial charge in [-0.25, -0.2) is 4.39 Å². The van der Waals surface area contributed by atoms with E-state index < -0.39 is 0 Å². The predicted octanol–water partition coefficient (Wildman–Crippen LogP) is 1.17. The number of morpholine rings is 1. The maximum Gasteiger partial charge on any atom is 0.123 e. The number of halogens is 1. The van der Waals surface area contributed by atoms with Crippen molar-refractivity contribution in [2.24, 2.45) is 0 Å². The van der Waals surface area contributed by atoms with Gasteiger partial charge in [0, 0.05) is 19.1 Å². The molecule has 0 saturated carbocycles. The van der Waals surface area contributed by atoms with E-state index in [1.165, 1.54) is 12.1 Å². The summed E-state index contributed by atoms with van der Waals surface area (Å²) >= 11 is 0. The average Bonchev–Trinajstić information content (AvgIpc) is 2.50. The molecule has 4 nitrogen and oxygen atoms in total. The molecule has 1 saturated heterocycles. The van der Waals surface area contributed by atoms with Crippen molar-refractivity contribution in [3.63, 3.8) is 0 Å². The van der Waals surface area contributed by atoms with E-state index in [1.807, 2.05) is 19.2 Å². The van der Waals surface area contributed by atoms with E-state index in [-0.39, 0.29) is 24.5 Å². The molecule has 2 N–H and O–H groups in total. The van der Waals surface area contributed by atoms with E-state index in [0.717, 1.165) is 31.7 Å². The highest BCUT2D eigenvalue weighted by Crippen LogP contribution is 2.18. The molecule has 2 atom stereocenters. The molecule has 1 aliphatic heterocycles. The van der Waals surface area contributed by atoms with E-state index in [1.54, 1.807) is 0 Å². The summed E-state index contributed by atoms with van der Waals surface area (Å²) in [4.78, 5) is 2.26. The number of ether oxygens (including phenoxy) is 1. The molecule has 0 spiro atoms. The van der Waals surface area contributed by atoms with Crippen LogP contribution in [0.15, 0.2) is 24.3 Å². The molecule has 5 heteroatoms. The number of benzene rings is 1. The van der Waals surface area contributed by atoms with Crippen molar-refractivity contribution in [2.45, 2.75) is 18.5 Å². The fraction of sp³-hybridized carbons (Fsp3) is 0.600. The summed E-state index contributed by atoms with van der Waals surface area (Å²) in [5, 5.41) is 12.6. The smallest absolute Gasteiger partial charge is 0.123 e. The van der Waals surface area contributed by atoms with Crippen LogP contribution in [0.1, 0.15) is 18.0 Å². The third-order valence-corrected chi connectivity index (χ3v) is 3.89. The molecular formula is C15H23FN2O2. The number of aliphatic hydroxyl groups is 1. The van der Waals surface area contributed by atoms with Crippen LogP contribution in [0.5, 0.6) is 0 Å². The third kappa shape index (κ3) is 3.99. The minimum atomic E-state index is -0.211. The van der Waals surface area contributed by atoms with Crippen LogP contribution in [0.3, 0.4) is 0 Å². The molecular weight excluding hydrogens is 259 g/mol. The molecule has 0 bridgehead atoms. The van der Waals surface area contributed by atoms with Gasteiger partial charge >= 0.3 is 0 Å². The van der Waals surface area contributed by atoms with Gasteiger partial charge in [0.1, 0.15) is 5.82 Å². The van der Waals surface area contributed by atoms with Gasteiger partial charge in [0.15, 0.2) is 0 Å². The summed E-state index contributed by atoms with van der Waals surface area (Å²) < 4.78 is 18.3. The summed E-state index contributed by atoms with van der Waals surface area (Å²) in [6.07, 6.45) is 0.915. The van der Waals surface area contributed by atoms with Crippen LogP contribution >= 0.6 is 0 Å². The van der Waals surface area contributed by atoms with E-state index in [4.69, 9.17) is 4.74 Å². The van der Waals surface area contributed by atoms with Crippen LogP contribution in [0.2, 0.25) is 0 Å². The quantitative estimate of drug-likeness (QED) is 0.822. The molecule has 1 fully saturated rings. The SMILES string of the molecule is CNC(CCN1CCOCC1CO)c1ccc(F)cc1. The first-order valence-electron chi connectivity index (χ1n) is 7.10. The van der Waals surface area contributed by atoms with Crippen molar-refractivity contribution in [1.82, 2.24) is 10.2 Å². The highest BCUT2D eigenvalue weighted by Gasteiger charge is 2.22. The van der Waals surface area contributed by atoms with Gasteiger partial charge in [-0.05, 0) is 31.2 Å². The predicted molar refractivity (Wildman–Crippen MR) is 76.1 cm³/mol. The minimum Gasteiger partial charge on any atom is -0.395 e. The topological polar surface area (TPSA) is 44.7 Å². The Kier molecular flexibility index (Phi) is 5.91. The number of hydrogen-bond donors (Lipinski definition) is 2. The Morgan fingerprint density at radius 1 is 1.45 bits per heavy atom. The van der Waals surface area contributed by atoms with E-state index in [9.17, 15) is 9.50 Å². The van der Waals surface area contributed by atoms with Crippen LogP contribution < -0.4 is 5.32 Å². The summed E-state index contributed by atoms with van der Waals surface area (Å²) in [5.41, 5.74) is 1.09. The molecule has 0 aromatic heterocycles. The Bertz CT molecular complexity index is 399. The lowest BCUT2D eigenvalue weighted by atomic mass is 10.0. The lowest BCUT2D eigenvalue weighted by Crippen LogP contribution is -2.48. The summed E-state index contributed by atoms with van der Waals surface area (Å²) in [5.74, 6) is -0.211. The van der Waals surface area contributed by atoms with Crippen molar-refractivity contribution in [3.05, 3.63) is 35.6 Å². The zero-order valence-electron chi connectivity index (χ0n) is 11.9. The van der Waals surface area contributed by atoms with Gasteiger partial charge < -0.3 is 15.2 Å². The number of rotatable bonds is 6. The lowest BCUT2D eigenvalue weighted by Gasteiger charge is -2.35. The molecule has 1 aliphatic rings. The zero-order chi connectivity index (χ0) is 14.4. The standard InChI is InChI=1S/C15H23FN2O2/c1-17-15(12-2-4-13(16)5-3-12)6-7-18-8-9-20-11-14(18)10-19/h2-5,14-15,17,19H,6-11H2,1H3. The van der Waals surface area contributed by atoms with Gasteiger partial charge in [-0.3, -0.25) is 4.90 Å². The Morgan fingerprint density at radius 2 is 2.20 bits per heavy atom. The first-order valence-corrected chi connectivity index (χ1v) is 7.10. The Morgan fingerprint density at radius 3 is 2.85 bits per heavy atom. The number of nitrogens with zero attached hydrogens (tertiary/aromatic N) is 1. The molecule has 1 heterocycles. The second kappa shape index (κ2) is 7.69. The molecule has 2 unspecified atom stereocenters. The van der Waals surface area contributed by atoms with Crippen LogP contribution in [0.25, 0.3) is 0 Å². The number of hydrogen-bond acceptors (Lipinski definition) is 4. The Balaban J connectivity index is 1.91. The van der Waals surface area contributed by atoms with Crippen LogP contribution in [-0.4, -0.2) is 56.0 Å². The molecule has 1 aromatic rings. The maximum atomic E-state index is 13.0. The molecule has 0 amide bonds. The van der Waals surface area contributed by atoms with Crippen molar-refractivity contribution in [1.29, 1.82) is 0 Å². The fourth-order valence-corrected chi connectivity index (χ4v) is 2.62. The average molecular weight is 282 g/mol. The van der Waals surface area contributed by atoms with Gasteiger partial charge in [-0.2, -0.15) is 0 Å². The highest BCUT2D eigenvalue weighted by molar-refractivity contribution is 5.19. The lowest BCUT2D eigenvalue weighted by molar-refractivity contribution is -0.0285. The monoisotopic (exact) mass is 282 g/mol. The highest BCUT2D eigenvalue weighted by atomic mass is 19.1. The molecule has 0 aliphatic carbocycles. The largest absolute Gasteiger partial charge is 0.395 e. The molecule has 0 radical (unpaired) electrons. The molecule has 20 heavy (non-hydrogen) atoms. The van der Waals surface area contributed by atoms with Gasteiger partial charge in [0.05, 0.1) is 25.9 Å². The normalized spacial score (nSPS) is 21.9. The summed E-state index contributed by atoms with van der Waals surface area (Å²) in [6, 6.07) is 6.90. The van der Waals surface area contributed by atoms with E-state index in [0.29, 0.717) is 6.61 Å². The van der Waals surface area contributed by atoms with Gasteiger partial charge in [-0.15, -0.1) is 0 Å². The number of nitrogens with one attached hydrogen (secondary N) is 1. The van der Waals surface area contributed by atoms with Crippen molar-refractivity contribution < 1.29 is 14.2 Å². The first kappa shape index (κ1) is 15.4. The fourth-order valence-electron chi connectivity index (χ4n) is 2.62. The van der Waals surface area contributed by atoms with Crippen molar-refractivity contribution in [3.8, 4) is 0 Å². The van der Waals surface area contributed by atoms with Gasteiger partial charge in [0.25, 0.3) is 0 Å². The van der Waals surface area contributed by atoms with Crippen molar-refractivity contribution in [2.75, 3.05) is 40.0 Å². The first-order chi connectivity index (χ1) is 9.74. The van der Waals surface area contributed by atoms with Gasteiger partial charge in [0.2, 0.25) is 0 Å². The van der Waals surface area contributed by atoms with E-state index >= 15 is 0 Å². The third-order valence-electron chi connectivity index (χ3n) is 3.89. The van der Waals surface area contributed by atoms with Crippen LogP contribution in [-0.2, 0) is 4.74 Å². The summed E-state index contributed by atoms with van der Waals surface area (Å²) in [7, 11) is 1.91. The Hall–Kier alpha value is -1.01.